The number of rotatable bonds is 0. The lowest BCUT2D eigenvalue weighted by Crippen LogP contribution is -2.11. The largest absolute Gasteiger partial charge is 0.289 e. The van der Waals surface area contributed by atoms with Crippen molar-refractivity contribution in [2.24, 2.45) is 0 Å². The van der Waals surface area contributed by atoms with Crippen LogP contribution < -0.4 is 0 Å². The van der Waals surface area contributed by atoms with Crippen molar-refractivity contribution < 1.29 is 14.4 Å². The minimum Gasteiger partial charge on any atom is -0.289 e. The number of fused-ring (bicyclic) bond motifs is 1. The molecule has 0 spiro atoms. The Hall–Kier alpha value is -2.55. The van der Waals surface area contributed by atoms with Gasteiger partial charge in [-0.25, -0.2) is 0 Å². The summed E-state index contributed by atoms with van der Waals surface area (Å²) in [5.74, 6) is -0.573. The van der Waals surface area contributed by atoms with Gasteiger partial charge in [0, 0.05) is 11.1 Å². The maximum absolute atomic E-state index is 12.4. The quantitative estimate of drug-likeness (QED) is 0.535. The van der Waals surface area contributed by atoms with E-state index in [9.17, 15) is 14.4 Å². The first kappa shape index (κ1) is 12.5. The molecule has 3 heteroatoms. The summed E-state index contributed by atoms with van der Waals surface area (Å²) in [6.07, 6.45) is 3.23. The Bertz CT molecular complexity index is 712. The summed E-state index contributed by atoms with van der Waals surface area (Å²) in [5, 5.41) is 0. The molecule has 0 bridgehead atoms. The minimum absolute atomic E-state index is 0.0511. The number of Topliss-reactive ketones (excluding diaryl/α,β-unsaturated/α-hetero) is 3. The highest BCUT2D eigenvalue weighted by Gasteiger charge is 2.35. The zero-order chi connectivity index (χ0) is 14.4. The fraction of sp³-hybridized carbons (Fsp3) is 0.118. The molecule has 0 aliphatic heterocycles. The topological polar surface area (TPSA) is 51.2 Å². The van der Waals surface area contributed by atoms with E-state index in [1.165, 1.54) is 0 Å². The molecule has 0 fully saturated rings. The molecule has 2 aliphatic rings. The third-order valence-corrected chi connectivity index (χ3v) is 3.62. The smallest absolute Gasteiger partial charge is 0.198 e. The van der Waals surface area contributed by atoms with E-state index in [1.807, 2.05) is 0 Å². The van der Waals surface area contributed by atoms with Crippen molar-refractivity contribution >= 4 is 17.3 Å². The lowest BCUT2D eigenvalue weighted by atomic mass is 9.91. The lowest BCUT2D eigenvalue weighted by molar-refractivity contribution is -0.112. The van der Waals surface area contributed by atoms with Crippen LogP contribution in [0.3, 0.4) is 0 Å². The van der Waals surface area contributed by atoms with E-state index >= 15 is 0 Å². The van der Waals surface area contributed by atoms with Gasteiger partial charge in [0.05, 0.1) is 5.57 Å². The highest BCUT2D eigenvalue weighted by molar-refractivity contribution is 6.40. The number of carbonyl (C=O) groups excluding carboxylic acids is 3. The summed E-state index contributed by atoms with van der Waals surface area (Å²) in [6.45, 7) is 3.38. The van der Waals surface area contributed by atoms with Gasteiger partial charge in [-0.05, 0) is 42.7 Å². The van der Waals surface area contributed by atoms with E-state index in [0.29, 0.717) is 27.8 Å². The highest BCUT2D eigenvalue weighted by atomic mass is 16.2. The first-order valence-electron chi connectivity index (χ1n) is 6.34. The summed E-state index contributed by atoms with van der Waals surface area (Å²) in [6, 6.07) is 6.79. The molecule has 0 atom stereocenters. The van der Waals surface area contributed by atoms with Crippen molar-refractivity contribution in [3.05, 3.63) is 69.8 Å². The van der Waals surface area contributed by atoms with E-state index in [4.69, 9.17) is 0 Å². The third kappa shape index (κ3) is 1.63. The number of ketones is 3. The third-order valence-electron chi connectivity index (χ3n) is 3.62. The summed E-state index contributed by atoms with van der Waals surface area (Å²) >= 11 is 0. The zero-order valence-corrected chi connectivity index (χ0v) is 11.2. The predicted molar refractivity (Wildman–Crippen MR) is 74.7 cm³/mol. The Labute approximate surface area is 116 Å². The molecular weight excluding hydrogens is 252 g/mol. The van der Waals surface area contributed by atoms with E-state index < -0.39 is 0 Å². The van der Waals surface area contributed by atoms with Gasteiger partial charge < -0.3 is 0 Å². The maximum Gasteiger partial charge on any atom is 0.198 e. The molecule has 0 amide bonds. The van der Waals surface area contributed by atoms with Crippen molar-refractivity contribution in [3.8, 4) is 0 Å². The van der Waals surface area contributed by atoms with Gasteiger partial charge in [-0.3, -0.25) is 14.4 Å². The van der Waals surface area contributed by atoms with E-state index in [0.717, 1.165) is 0 Å². The van der Waals surface area contributed by atoms with Crippen molar-refractivity contribution in [3.63, 3.8) is 0 Å². The van der Waals surface area contributed by atoms with Crippen molar-refractivity contribution in [1.82, 2.24) is 0 Å². The first-order valence-corrected chi connectivity index (χ1v) is 6.34. The van der Waals surface area contributed by atoms with Gasteiger partial charge in [-0.1, -0.05) is 24.3 Å². The molecular formula is C17H12O3. The fourth-order valence-corrected chi connectivity index (χ4v) is 2.61. The molecule has 3 nitrogen and oxygen atoms in total. The Kier molecular flexibility index (Phi) is 2.64. The lowest BCUT2D eigenvalue weighted by Gasteiger charge is -2.11. The molecule has 98 valence electrons. The van der Waals surface area contributed by atoms with Gasteiger partial charge in [0.2, 0.25) is 0 Å². The number of benzene rings is 1. The number of hydrogen-bond acceptors (Lipinski definition) is 3. The van der Waals surface area contributed by atoms with Crippen LogP contribution in [0.5, 0.6) is 0 Å². The molecule has 0 radical (unpaired) electrons. The fourth-order valence-electron chi connectivity index (χ4n) is 2.61. The van der Waals surface area contributed by atoms with Crippen LogP contribution in [0.1, 0.15) is 34.6 Å². The number of carbonyl (C=O) groups is 3. The average molecular weight is 264 g/mol. The molecule has 0 heterocycles. The van der Waals surface area contributed by atoms with Crippen molar-refractivity contribution in [2.45, 2.75) is 13.8 Å². The van der Waals surface area contributed by atoms with E-state index in [-0.39, 0.29) is 22.9 Å². The molecule has 1 aromatic carbocycles. The van der Waals surface area contributed by atoms with Crippen LogP contribution >= 0.6 is 0 Å². The van der Waals surface area contributed by atoms with Crippen LogP contribution in [0.15, 0.2) is 58.7 Å². The molecule has 0 unspecified atom stereocenters. The van der Waals surface area contributed by atoms with Gasteiger partial charge in [0.15, 0.2) is 17.3 Å². The second-order valence-electron chi connectivity index (χ2n) is 5.02. The highest BCUT2D eigenvalue weighted by Crippen LogP contribution is 2.31. The van der Waals surface area contributed by atoms with E-state index in [2.05, 4.69) is 0 Å². The standard InChI is InChI=1S/C17H12O3/c1-9-7-11(8-10(2)15(9)18)14-16(19)12-5-3-4-6-13(12)17(14)20/h3-8H,1-2H3. The molecule has 1 aromatic rings. The van der Waals surface area contributed by atoms with E-state index in [1.54, 1.807) is 50.3 Å². The maximum atomic E-state index is 12.4. The summed E-state index contributed by atoms with van der Waals surface area (Å²) in [7, 11) is 0. The van der Waals surface area contributed by atoms with Gasteiger partial charge in [-0.15, -0.1) is 0 Å². The molecule has 0 saturated heterocycles. The molecule has 0 aromatic heterocycles. The Morgan fingerprint density at radius 1 is 0.700 bits per heavy atom. The summed E-state index contributed by atoms with van der Waals surface area (Å²) < 4.78 is 0. The number of hydrogen-bond donors (Lipinski definition) is 0. The first-order chi connectivity index (χ1) is 9.50. The van der Waals surface area contributed by atoms with Crippen LogP contribution in [0.2, 0.25) is 0 Å². The molecule has 0 saturated carbocycles. The van der Waals surface area contributed by atoms with Gasteiger partial charge in [0.25, 0.3) is 0 Å². The van der Waals surface area contributed by atoms with Gasteiger partial charge >= 0.3 is 0 Å². The van der Waals surface area contributed by atoms with Gasteiger partial charge in [-0.2, -0.15) is 0 Å². The normalized spacial score (nSPS) is 18.2. The summed E-state index contributed by atoms with van der Waals surface area (Å²) in [5.41, 5.74) is 2.67. The van der Waals surface area contributed by atoms with Gasteiger partial charge in [0.1, 0.15) is 0 Å². The summed E-state index contributed by atoms with van der Waals surface area (Å²) in [4.78, 5) is 36.5. The second-order valence-corrected chi connectivity index (χ2v) is 5.02. The monoisotopic (exact) mass is 264 g/mol. The Balaban J connectivity index is 2.23. The predicted octanol–water partition coefficient (Wildman–Crippen LogP) is 2.84. The SMILES string of the molecule is CC1=CC(=C2C(=O)c3ccccc3C2=O)C=C(C)C1=O. The average Bonchev–Trinajstić information content (AvgIpc) is 2.68. The van der Waals surface area contributed by atoms with Crippen molar-refractivity contribution in [1.29, 1.82) is 0 Å². The van der Waals surface area contributed by atoms with Crippen LogP contribution in [-0.4, -0.2) is 17.3 Å². The second kappa shape index (κ2) is 4.23. The van der Waals surface area contributed by atoms with Crippen LogP contribution in [0.25, 0.3) is 0 Å². The Morgan fingerprint density at radius 2 is 1.15 bits per heavy atom. The van der Waals surface area contributed by atoms with Crippen LogP contribution in [0.4, 0.5) is 0 Å². The minimum atomic E-state index is -0.261. The number of allylic oxidation sites excluding steroid dienone is 6. The zero-order valence-electron chi connectivity index (χ0n) is 11.2. The molecule has 2 aliphatic carbocycles. The van der Waals surface area contributed by atoms with Crippen LogP contribution in [0, 0.1) is 0 Å². The van der Waals surface area contributed by atoms with Crippen molar-refractivity contribution in [2.75, 3.05) is 0 Å². The molecule has 20 heavy (non-hydrogen) atoms. The van der Waals surface area contributed by atoms with Crippen LogP contribution in [-0.2, 0) is 4.79 Å². The molecule has 0 N–H and O–H groups in total. The molecule has 3 rings (SSSR count). The Morgan fingerprint density at radius 3 is 1.60 bits per heavy atom.